The lowest BCUT2D eigenvalue weighted by Crippen LogP contribution is -2.38. The van der Waals surface area contributed by atoms with E-state index in [1.807, 2.05) is 13.8 Å². The molecule has 0 saturated heterocycles. The summed E-state index contributed by atoms with van der Waals surface area (Å²) in [4.78, 5) is 12.1. The van der Waals surface area contributed by atoms with E-state index in [-0.39, 0.29) is 40.6 Å². The third kappa shape index (κ3) is 5.98. The summed E-state index contributed by atoms with van der Waals surface area (Å²) < 4.78 is 31.2. The lowest BCUT2D eigenvalue weighted by atomic mass is 10.2. The van der Waals surface area contributed by atoms with Crippen molar-refractivity contribution >= 4 is 28.3 Å². The Hall–Kier alpha value is -1.35. The second-order valence-corrected chi connectivity index (χ2v) is 6.60. The first-order valence-electron chi connectivity index (χ1n) is 6.98. The van der Waals surface area contributed by atoms with Crippen molar-refractivity contribution in [3.63, 3.8) is 0 Å². The summed E-state index contributed by atoms with van der Waals surface area (Å²) in [6, 6.07) is 4.43. The van der Waals surface area contributed by atoms with Crippen molar-refractivity contribution in [2.75, 3.05) is 27.2 Å². The monoisotopic (exact) mass is 365 g/mol. The highest BCUT2D eigenvalue weighted by Crippen LogP contribution is 2.24. The molecule has 0 heterocycles. The van der Waals surface area contributed by atoms with Gasteiger partial charge in [0.2, 0.25) is 10.0 Å². The first-order chi connectivity index (χ1) is 10.4. The first kappa shape index (κ1) is 21.6. The Morgan fingerprint density at radius 1 is 1.35 bits per heavy atom. The molecule has 3 N–H and O–H groups in total. The van der Waals surface area contributed by atoms with Crippen molar-refractivity contribution in [2.45, 2.75) is 24.8 Å². The van der Waals surface area contributed by atoms with E-state index in [0.29, 0.717) is 6.54 Å². The van der Waals surface area contributed by atoms with E-state index >= 15 is 0 Å². The minimum Gasteiger partial charge on any atom is -0.495 e. The maximum atomic E-state index is 12.1. The number of carbonyl (C=O) groups is 1. The summed E-state index contributed by atoms with van der Waals surface area (Å²) in [6.45, 7) is 5.20. The molecule has 132 valence electrons. The molecule has 0 aromatic heterocycles. The van der Waals surface area contributed by atoms with Crippen LogP contribution in [0.1, 0.15) is 24.2 Å². The van der Waals surface area contributed by atoms with E-state index in [1.165, 1.54) is 32.4 Å². The van der Waals surface area contributed by atoms with Crippen molar-refractivity contribution in [1.29, 1.82) is 0 Å². The zero-order valence-corrected chi connectivity index (χ0v) is 15.3. The minimum absolute atomic E-state index is 0. The van der Waals surface area contributed by atoms with Crippen molar-refractivity contribution in [3.8, 4) is 5.75 Å². The highest BCUT2D eigenvalue weighted by Gasteiger charge is 2.20. The van der Waals surface area contributed by atoms with E-state index < -0.39 is 10.0 Å². The van der Waals surface area contributed by atoms with Crippen LogP contribution in [0.25, 0.3) is 0 Å². The highest BCUT2D eigenvalue weighted by molar-refractivity contribution is 7.89. The normalized spacial score (nSPS) is 12.2. The van der Waals surface area contributed by atoms with Gasteiger partial charge in [-0.2, -0.15) is 0 Å². The molecule has 0 unspecified atom stereocenters. The van der Waals surface area contributed by atoms with Gasteiger partial charge in [-0.3, -0.25) is 4.79 Å². The fraction of sp³-hybridized carbons (Fsp3) is 0.500. The van der Waals surface area contributed by atoms with Crippen LogP contribution in [0.4, 0.5) is 0 Å². The summed E-state index contributed by atoms with van der Waals surface area (Å²) in [5.41, 5.74) is 0.262. The van der Waals surface area contributed by atoms with Gasteiger partial charge in [0.1, 0.15) is 10.6 Å². The van der Waals surface area contributed by atoms with Crippen LogP contribution >= 0.6 is 12.4 Å². The molecule has 9 heteroatoms. The van der Waals surface area contributed by atoms with Gasteiger partial charge in [0, 0.05) is 18.2 Å². The lowest BCUT2D eigenvalue weighted by molar-refractivity contribution is 0.0950. The second-order valence-electron chi connectivity index (χ2n) is 4.74. The molecule has 23 heavy (non-hydrogen) atoms. The minimum atomic E-state index is -3.70. The van der Waals surface area contributed by atoms with Gasteiger partial charge in [-0.25, -0.2) is 13.1 Å². The number of ether oxygens (including phenoxy) is 1. The first-order valence-corrected chi connectivity index (χ1v) is 8.47. The highest BCUT2D eigenvalue weighted by atomic mass is 35.5. The SMILES string of the molecule is CCN[C@H](C)CNC(=O)c1ccc(OC)c(S(=O)(=O)NC)c1.Cl. The predicted octanol–water partition coefficient (Wildman–Crippen LogP) is 0.753. The van der Waals surface area contributed by atoms with E-state index in [1.54, 1.807) is 0 Å². The Balaban J connectivity index is 0.00000484. The maximum absolute atomic E-state index is 12.1. The van der Waals surface area contributed by atoms with E-state index in [2.05, 4.69) is 15.4 Å². The van der Waals surface area contributed by atoms with Gasteiger partial charge >= 0.3 is 0 Å². The molecule has 1 aromatic rings. The van der Waals surface area contributed by atoms with E-state index in [4.69, 9.17) is 4.74 Å². The van der Waals surface area contributed by atoms with Crippen LogP contribution in [0.3, 0.4) is 0 Å². The molecule has 1 amide bonds. The number of carbonyl (C=O) groups excluding carboxylic acids is 1. The van der Waals surface area contributed by atoms with Crippen LogP contribution in [0.15, 0.2) is 23.1 Å². The largest absolute Gasteiger partial charge is 0.495 e. The number of sulfonamides is 1. The second kappa shape index (κ2) is 9.71. The van der Waals surface area contributed by atoms with Gasteiger partial charge in [-0.1, -0.05) is 6.92 Å². The number of nitrogens with one attached hydrogen (secondary N) is 3. The van der Waals surface area contributed by atoms with Gasteiger partial charge in [0.15, 0.2) is 0 Å². The van der Waals surface area contributed by atoms with Crippen LogP contribution in [-0.2, 0) is 10.0 Å². The molecular formula is C14H24ClN3O4S. The van der Waals surface area contributed by atoms with Crippen molar-refractivity contribution in [1.82, 2.24) is 15.4 Å². The Morgan fingerprint density at radius 3 is 2.52 bits per heavy atom. The smallest absolute Gasteiger partial charge is 0.251 e. The number of amides is 1. The fourth-order valence-electron chi connectivity index (χ4n) is 1.91. The quantitative estimate of drug-likeness (QED) is 0.631. The molecule has 0 aliphatic heterocycles. The predicted molar refractivity (Wildman–Crippen MR) is 92.0 cm³/mol. The van der Waals surface area contributed by atoms with Gasteiger partial charge in [-0.05, 0) is 38.7 Å². The molecule has 0 spiro atoms. The molecular weight excluding hydrogens is 342 g/mol. The third-order valence-electron chi connectivity index (χ3n) is 3.11. The molecule has 0 radical (unpaired) electrons. The third-order valence-corrected chi connectivity index (χ3v) is 4.54. The number of halogens is 1. The number of rotatable bonds is 8. The van der Waals surface area contributed by atoms with Crippen LogP contribution in [0.5, 0.6) is 5.75 Å². The molecule has 0 fully saturated rings. The Labute approximate surface area is 143 Å². The lowest BCUT2D eigenvalue weighted by Gasteiger charge is -2.14. The van der Waals surface area contributed by atoms with Crippen LogP contribution in [0.2, 0.25) is 0 Å². The van der Waals surface area contributed by atoms with Crippen molar-refractivity contribution in [2.24, 2.45) is 0 Å². The molecule has 0 saturated carbocycles. The number of likely N-dealkylation sites (N-methyl/N-ethyl adjacent to an activating group) is 1. The number of hydrogen-bond donors (Lipinski definition) is 3. The summed E-state index contributed by atoms with van der Waals surface area (Å²) in [7, 11) is -1.02. The zero-order chi connectivity index (χ0) is 16.8. The Bertz CT molecular complexity index is 622. The van der Waals surface area contributed by atoms with Gasteiger partial charge in [-0.15, -0.1) is 12.4 Å². The van der Waals surface area contributed by atoms with Crippen LogP contribution in [0, 0.1) is 0 Å². The summed E-state index contributed by atoms with van der Waals surface area (Å²) >= 11 is 0. The average molecular weight is 366 g/mol. The van der Waals surface area contributed by atoms with Gasteiger partial charge in [0.25, 0.3) is 5.91 Å². The Morgan fingerprint density at radius 2 is 2.00 bits per heavy atom. The number of hydrogen-bond acceptors (Lipinski definition) is 5. The molecule has 1 atom stereocenters. The average Bonchev–Trinajstić information content (AvgIpc) is 2.52. The van der Waals surface area contributed by atoms with E-state index in [9.17, 15) is 13.2 Å². The summed E-state index contributed by atoms with van der Waals surface area (Å²) in [6.07, 6.45) is 0. The van der Waals surface area contributed by atoms with Gasteiger partial charge < -0.3 is 15.4 Å². The molecule has 0 aliphatic rings. The van der Waals surface area contributed by atoms with Gasteiger partial charge in [0.05, 0.1) is 7.11 Å². The summed E-state index contributed by atoms with van der Waals surface area (Å²) in [5, 5.41) is 5.93. The zero-order valence-electron chi connectivity index (χ0n) is 13.7. The molecule has 1 rings (SSSR count). The molecule has 0 aliphatic carbocycles. The fourth-order valence-corrected chi connectivity index (χ4v) is 2.82. The van der Waals surface area contributed by atoms with E-state index in [0.717, 1.165) is 6.54 Å². The molecule has 7 nitrogen and oxygen atoms in total. The maximum Gasteiger partial charge on any atom is 0.251 e. The van der Waals surface area contributed by atoms with Crippen molar-refractivity contribution in [3.05, 3.63) is 23.8 Å². The molecule has 1 aromatic carbocycles. The topological polar surface area (TPSA) is 96.5 Å². The van der Waals surface area contributed by atoms with Crippen LogP contribution < -0.4 is 20.1 Å². The number of benzene rings is 1. The Kier molecular flexibility index (Phi) is 9.14. The molecule has 0 bridgehead atoms. The van der Waals surface area contributed by atoms with Crippen LogP contribution in [-0.4, -0.2) is 47.6 Å². The number of methoxy groups -OCH3 is 1. The summed E-state index contributed by atoms with van der Waals surface area (Å²) in [5.74, 6) is -0.146. The van der Waals surface area contributed by atoms with Crippen molar-refractivity contribution < 1.29 is 17.9 Å². The standard InChI is InChI=1S/C14H23N3O4S.ClH/c1-5-16-10(2)9-17-14(18)11-6-7-12(21-4)13(8-11)22(19,20)15-3;/h6-8,10,15-16H,5,9H2,1-4H3,(H,17,18);1H/t10-;/m1./s1.